The summed E-state index contributed by atoms with van der Waals surface area (Å²) in [6.45, 7) is 3.33. The van der Waals surface area contributed by atoms with E-state index in [1.54, 1.807) is 6.20 Å². The average molecular weight is 365 g/mol. The van der Waals surface area contributed by atoms with Gasteiger partial charge in [-0.15, -0.1) is 0 Å². The fraction of sp³-hybridized carbons (Fsp3) is 0.333. The number of hydrogen-bond donors (Lipinski definition) is 0. The number of halogens is 1. The van der Waals surface area contributed by atoms with E-state index in [0.717, 1.165) is 31.5 Å². The molecule has 0 saturated heterocycles. The second-order valence-corrected chi connectivity index (χ2v) is 7.79. The van der Waals surface area contributed by atoms with Crippen LogP contribution in [0.2, 0.25) is 5.02 Å². The van der Waals surface area contributed by atoms with Crippen LogP contribution in [-0.2, 0) is 12.8 Å². The van der Waals surface area contributed by atoms with E-state index in [1.165, 1.54) is 33.3 Å². The van der Waals surface area contributed by atoms with Crippen molar-refractivity contribution in [3.8, 4) is 0 Å². The van der Waals surface area contributed by atoms with E-state index >= 15 is 0 Å². The average Bonchev–Trinajstić information content (AvgIpc) is 3.18. The SMILES string of the molecule is CC1c2c(n(/C=C3\CCc4cnccc43)c3ncc(Cl)cc23)CCN1C. The van der Waals surface area contributed by atoms with Crippen LogP contribution < -0.4 is 0 Å². The minimum Gasteiger partial charge on any atom is -0.304 e. The predicted molar refractivity (Wildman–Crippen MR) is 106 cm³/mol. The quantitative estimate of drug-likeness (QED) is 0.634. The largest absolute Gasteiger partial charge is 0.304 e. The first-order valence-electron chi connectivity index (χ1n) is 9.16. The zero-order valence-corrected chi connectivity index (χ0v) is 15.8. The molecule has 4 nitrogen and oxygen atoms in total. The lowest BCUT2D eigenvalue weighted by Gasteiger charge is -2.30. The van der Waals surface area contributed by atoms with Gasteiger partial charge in [0.05, 0.1) is 5.02 Å². The van der Waals surface area contributed by atoms with E-state index in [-0.39, 0.29) is 0 Å². The number of allylic oxidation sites excluding steroid dienone is 1. The molecule has 0 fully saturated rings. The van der Waals surface area contributed by atoms with Crippen molar-refractivity contribution >= 4 is 34.4 Å². The Kier molecular flexibility index (Phi) is 3.66. The maximum absolute atomic E-state index is 6.28. The molecule has 1 atom stereocenters. The zero-order chi connectivity index (χ0) is 17.8. The van der Waals surface area contributed by atoms with Crippen molar-refractivity contribution in [1.29, 1.82) is 0 Å². The summed E-state index contributed by atoms with van der Waals surface area (Å²) < 4.78 is 2.31. The maximum atomic E-state index is 6.28. The Balaban J connectivity index is 1.76. The number of hydrogen-bond acceptors (Lipinski definition) is 3. The molecule has 5 heteroatoms. The first-order chi connectivity index (χ1) is 12.6. The van der Waals surface area contributed by atoms with Crippen LogP contribution in [-0.4, -0.2) is 33.0 Å². The monoisotopic (exact) mass is 364 g/mol. The van der Waals surface area contributed by atoms with Gasteiger partial charge in [0.2, 0.25) is 0 Å². The highest BCUT2D eigenvalue weighted by Crippen LogP contribution is 2.39. The van der Waals surface area contributed by atoms with Crippen molar-refractivity contribution in [2.45, 2.75) is 32.2 Å². The summed E-state index contributed by atoms with van der Waals surface area (Å²) in [5.74, 6) is 0. The van der Waals surface area contributed by atoms with E-state index < -0.39 is 0 Å². The molecule has 2 aliphatic rings. The van der Waals surface area contributed by atoms with Gasteiger partial charge in [0, 0.05) is 54.9 Å². The van der Waals surface area contributed by atoms with Crippen LogP contribution in [0.4, 0.5) is 0 Å². The van der Waals surface area contributed by atoms with Gasteiger partial charge in [-0.3, -0.25) is 9.88 Å². The molecule has 5 rings (SSSR count). The van der Waals surface area contributed by atoms with E-state index in [0.29, 0.717) is 11.1 Å². The van der Waals surface area contributed by atoms with Crippen molar-refractivity contribution in [3.63, 3.8) is 0 Å². The number of aryl methyl sites for hydroxylation is 1. The summed E-state index contributed by atoms with van der Waals surface area (Å²) in [5, 5.41) is 1.87. The molecule has 0 N–H and O–H groups in total. The van der Waals surface area contributed by atoms with E-state index in [9.17, 15) is 0 Å². The summed E-state index contributed by atoms with van der Waals surface area (Å²) in [4.78, 5) is 11.4. The molecule has 3 aromatic rings. The molecule has 0 saturated carbocycles. The molecule has 1 aliphatic heterocycles. The van der Waals surface area contributed by atoms with Gasteiger partial charge < -0.3 is 4.57 Å². The summed E-state index contributed by atoms with van der Waals surface area (Å²) in [5.41, 5.74) is 7.78. The number of pyridine rings is 2. The fourth-order valence-corrected chi connectivity index (χ4v) is 4.58. The third-order valence-electron chi connectivity index (χ3n) is 5.93. The van der Waals surface area contributed by atoms with Crippen LogP contribution in [0, 0.1) is 0 Å². The Labute approximate surface area is 158 Å². The molecule has 0 aromatic carbocycles. The molecule has 0 spiro atoms. The van der Waals surface area contributed by atoms with Gasteiger partial charge in [0.15, 0.2) is 0 Å². The molecule has 0 radical (unpaired) electrons. The molecular formula is C21H21ClN4. The van der Waals surface area contributed by atoms with Crippen LogP contribution in [0.1, 0.15) is 41.8 Å². The van der Waals surface area contributed by atoms with E-state index in [1.807, 2.05) is 12.4 Å². The number of aromatic nitrogens is 3. The van der Waals surface area contributed by atoms with Crippen LogP contribution in [0.15, 0.2) is 30.7 Å². The van der Waals surface area contributed by atoms with Gasteiger partial charge >= 0.3 is 0 Å². The lowest BCUT2D eigenvalue weighted by atomic mass is 9.98. The topological polar surface area (TPSA) is 34.0 Å². The van der Waals surface area contributed by atoms with Gasteiger partial charge in [-0.1, -0.05) is 11.6 Å². The Bertz CT molecular complexity index is 1050. The minimum absolute atomic E-state index is 0.362. The number of likely N-dealkylation sites (N-methyl/N-ethyl adjacent to an activating group) is 1. The van der Waals surface area contributed by atoms with Gasteiger partial charge in [-0.2, -0.15) is 0 Å². The molecule has 132 valence electrons. The highest BCUT2D eigenvalue weighted by Gasteiger charge is 2.28. The normalized spacial score (nSPS) is 21.3. The summed E-state index contributed by atoms with van der Waals surface area (Å²) in [6, 6.07) is 4.56. The first-order valence-corrected chi connectivity index (χ1v) is 9.53. The summed E-state index contributed by atoms with van der Waals surface area (Å²) in [7, 11) is 2.19. The van der Waals surface area contributed by atoms with Crippen molar-refractivity contribution in [2.24, 2.45) is 0 Å². The third-order valence-corrected chi connectivity index (χ3v) is 6.14. The van der Waals surface area contributed by atoms with Crippen LogP contribution in [0.25, 0.3) is 22.8 Å². The Morgan fingerprint density at radius 1 is 1.23 bits per heavy atom. The third kappa shape index (κ3) is 2.32. The molecule has 26 heavy (non-hydrogen) atoms. The number of fused-ring (bicyclic) bond motifs is 4. The smallest absolute Gasteiger partial charge is 0.144 e. The molecule has 0 bridgehead atoms. The Hall–Kier alpha value is -2.17. The van der Waals surface area contributed by atoms with Crippen LogP contribution >= 0.6 is 11.6 Å². The Morgan fingerprint density at radius 3 is 3.00 bits per heavy atom. The van der Waals surface area contributed by atoms with Gasteiger partial charge in [-0.05, 0) is 61.2 Å². The number of rotatable bonds is 1. The van der Waals surface area contributed by atoms with E-state index in [2.05, 4.69) is 46.8 Å². The maximum Gasteiger partial charge on any atom is 0.144 e. The molecular weight excluding hydrogens is 344 g/mol. The minimum atomic E-state index is 0.362. The summed E-state index contributed by atoms with van der Waals surface area (Å²) in [6.07, 6.45) is 11.1. The second kappa shape index (κ2) is 5.93. The molecule has 0 amide bonds. The van der Waals surface area contributed by atoms with Crippen molar-refractivity contribution in [3.05, 3.63) is 58.1 Å². The van der Waals surface area contributed by atoms with E-state index in [4.69, 9.17) is 16.6 Å². The van der Waals surface area contributed by atoms with Crippen LogP contribution in [0.5, 0.6) is 0 Å². The lowest BCUT2D eigenvalue weighted by molar-refractivity contribution is 0.247. The van der Waals surface area contributed by atoms with Crippen molar-refractivity contribution in [1.82, 2.24) is 19.4 Å². The molecule has 1 aliphatic carbocycles. The van der Waals surface area contributed by atoms with Gasteiger partial charge in [0.1, 0.15) is 5.65 Å². The fourth-order valence-electron chi connectivity index (χ4n) is 4.43. The van der Waals surface area contributed by atoms with Crippen molar-refractivity contribution < 1.29 is 0 Å². The van der Waals surface area contributed by atoms with Gasteiger partial charge in [-0.25, -0.2) is 4.98 Å². The highest BCUT2D eigenvalue weighted by molar-refractivity contribution is 6.31. The van der Waals surface area contributed by atoms with Crippen molar-refractivity contribution in [2.75, 3.05) is 13.6 Å². The lowest BCUT2D eigenvalue weighted by Crippen LogP contribution is -2.30. The molecule has 1 unspecified atom stereocenters. The highest BCUT2D eigenvalue weighted by atomic mass is 35.5. The standard InChI is InChI=1S/C21H21ClN4/c1-13-20-18-9-16(22)11-24-21(18)26(19(20)6-8-25(13)2)12-15-4-3-14-10-23-7-5-17(14)15/h5,7,9-13H,3-4,6,8H2,1-2H3/b15-12+. The second-order valence-electron chi connectivity index (χ2n) is 7.35. The molecule has 4 heterocycles. The van der Waals surface area contributed by atoms with Crippen LogP contribution in [0.3, 0.4) is 0 Å². The molecule has 3 aromatic heterocycles. The first kappa shape index (κ1) is 16.0. The zero-order valence-electron chi connectivity index (χ0n) is 15.0. The van der Waals surface area contributed by atoms with Gasteiger partial charge in [0.25, 0.3) is 0 Å². The number of nitrogens with zero attached hydrogens (tertiary/aromatic N) is 4. The summed E-state index contributed by atoms with van der Waals surface area (Å²) >= 11 is 6.28. The predicted octanol–water partition coefficient (Wildman–Crippen LogP) is 4.58. The Morgan fingerprint density at radius 2 is 2.12 bits per heavy atom.